The molecule has 136 valence electrons. The summed E-state index contributed by atoms with van der Waals surface area (Å²) in [6.45, 7) is 0.189. The van der Waals surface area contributed by atoms with Gasteiger partial charge in [-0.25, -0.2) is 8.78 Å². The Hall–Kier alpha value is -3.54. The predicted molar refractivity (Wildman–Crippen MR) is 99.1 cm³/mol. The van der Waals surface area contributed by atoms with Crippen LogP contribution in [-0.4, -0.2) is 11.8 Å². The van der Waals surface area contributed by atoms with Crippen LogP contribution in [0.5, 0.6) is 0 Å². The van der Waals surface area contributed by atoms with Crippen LogP contribution in [0, 0.1) is 11.6 Å². The molecule has 0 atom stereocenters. The maximum absolute atomic E-state index is 13.3. The smallest absolute Gasteiger partial charge is 0.316 e. The van der Waals surface area contributed by atoms with Crippen molar-refractivity contribution in [3.63, 3.8) is 0 Å². The molecule has 3 aromatic carbocycles. The van der Waals surface area contributed by atoms with Crippen molar-refractivity contribution in [1.82, 2.24) is 0 Å². The molecular formula is C21H16F2N2O2. The molecule has 1 N–H and O–H groups in total. The highest BCUT2D eigenvalue weighted by atomic mass is 19.2. The number of nitrogens with zero attached hydrogens (tertiary/aromatic N) is 1. The summed E-state index contributed by atoms with van der Waals surface area (Å²) in [7, 11) is 0. The van der Waals surface area contributed by atoms with E-state index in [2.05, 4.69) is 5.32 Å². The van der Waals surface area contributed by atoms with Crippen molar-refractivity contribution in [2.75, 3.05) is 10.2 Å². The minimum Gasteiger partial charge on any atom is -0.318 e. The first-order valence-corrected chi connectivity index (χ1v) is 8.21. The van der Waals surface area contributed by atoms with Crippen LogP contribution in [-0.2, 0) is 16.1 Å². The van der Waals surface area contributed by atoms with Crippen LogP contribution in [0.15, 0.2) is 78.9 Å². The zero-order valence-corrected chi connectivity index (χ0v) is 14.2. The van der Waals surface area contributed by atoms with E-state index >= 15 is 0 Å². The number of nitrogens with one attached hydrogen (secondary N) is 1. The third-order valence-electron chi connectivity index (χ3n) is 3.87. The lowest BCUT2D eigenvalue weighted by Gasteiger charge is -2.22. The first-order chi connectivity index (χ1) is 13.0. The second kappa shape index (κ2) is 8.23. The van der Waals surface area contributed by atoms with E-state index in [0.717, 1.165) is 17.7 Å². The Balaban J connectivity index is 1.83. The predicted octanol–water partition coefficient (Wildman–Crippen LogP) is 4.14. The first-order valence-electron chi connectivity index (χ1n) is 8.21. The Morgan fingerprint density at radius 2 is 1.44 bits per heavy atom. The maximum Gasteiger partial charge on any atom is 0.316 e. The van der Waals surface area contributed by atoms with Gasteiger partial charge in [0.2, 0.25) is 0 Å². The van der Waals surface area contributed by atoms with Crippen molar-refractivity contribution >= 4 is 23.2 Å². The van der Waals surface area contributed by atoms with Gasteiger partial charge in [-0.3, -0.25) is 14.5 Å². The lowest BCUT2D eigenvalue weighted by Crippen LogP contribution is -2.39. The number of carbonyl (C=O) groups is 2. The van der Waals surface area contributed by atoms with Gasteiger partial charge >= 0.3 is 11.8 Å². The van der Waals surface area contributed by atoms with Crippen LogP contribution in [0.2, 0.25) is 0 Å². The standard InChI is InChI=1S/C21H16F2N2O2/c22-18-12-11-16(13-19(18)23)24-20(26)21(27)25(17-9-5-2-6-10-17)14-15-7-3-1-4-8-15/h1-13H,14H2,(H,24,26). The van der Waals surface area contributed by atoms with E-state index < -0.39 is 23.4 Å². The zero-order valence-electron chi connectivity index (χ0n) is 14.2. The third-order valence-corrected chi connectivity index (χ3v) is 3.87. The highest BCUT2D eigenvalue weighted by molar-refractivity contribution is 6.44. The van der Waals surface area contributed by atoms with Gasteiger partial charge in [0.25, 0.3) is 0 Å². The monoisotopic (exact) mass is 366 g/mol. The average Bonchev–Trinajstić information content (AvgIpc) is 2.70. The van der Waals surface area contributed by atoms with Gasteiger partial charge in [0.15, 0.2) is 11.6 Å². The molecule has 0 fully saturated rings. The number of anilines is 2. The topological polar surface area (TPSA) is 49.4 Å². The van der Waals surface area contributed by atoms with Crippen LogP contribution in [0.3, 0.4) is 0 Å². The number of rotatable bonds is 4. The van der Waals surface area contributed by atoms with Crippen LogP contribution in [0.25, 0.3) is 0 Å². The molecule has 0 aliphatic heterocycles. The van der Waals surface area contributed by atoms with E-state index in [0.29, 0.717) is 5.69 Å². The summed E-state index contributed by atoms with van der Waals surface area (Å²) in [4.78, 5) is 26.5. The number of hydrogen-bond donors (Lipinski definition) is 1. The Labute approximate surface area is 155 Å². The molecule has 0 aliphatic rings. The molecule has 3 aromatic rings. The van der Waals surface area contributed by atoms with E-state index in [4.69, 9.17) is 0 Å². The van der Waals surface area contributed by atoms with E-state index in [9.17, 15) is 18.4 Å². The number of hydrogen-bond acceptors (Lipinski definition) is 2. The zero-order chi connectivity index (χ0) is 19.2. The molecule has 0 unspecified atom stereocenters. The van der Waals surface area contributed by atoms with Crippen LogP contribution < -0.4 is 10.2 Å². The molecule has 4 nitrogen and oxygen atoms in total. The van der Waals surface area contributed by atoms with Gasteiger partial charge in [-0.05, 0) is 29.8 Å². The Bertz CT molecular complexity index is 947. The molecule has 0 radical (unpaired) electrons. The minimum atomic E-state index is -1.11. The molecule has 0 heterocycles. The summed E-state index contributed by atoms with van der Waals surface area (Å²) in [6.07, 6.45) is 0. The lowest BCUT2D eigenvalue weighted by atomic mass is 10.2. The van der Waals surface area contributed by atoms with Crippen molar-refractivity contribution in [3.05, 3.63) is 96.1 Å². The van der Waals surface area contributed by atoms with Crippen molar-refractivity contribution in [2.45, 2.75) is 6.54 Å². The van der Waals surface area contributed by atoms with E-state index in [1.165, 1.54) is 11.0 Å². The van der Waals surface area contributed by atoms with Gasteiger partial charge in [0.05, 0.1) is 6.54 Å². The number of carbonyl (C=O) groups excluding carboxylic acids is 2. The summed E-state index contributed by atoms with van der Waals surface area (Å²) in [5.41, 5.74) is 1.39. The minimum absolute atomic E-state index is 0.0000252. The number of halogens is 2. The second-order valence-electron chi connectivity index (χ2n) is 5.80. The average molecular weight is 366 g/mol. The molecule has 0 aromatic heterocycles. The molecule has 0 saturated carbocycles. The molecular weight excluding hydrogens is 350 g/mol. The fourth-order valence-electron chi connectivity index (χ4n) is 2.54. The van der Waals surface area contributed by atoms with Crippen LogP contribution in [0.4, 0.5) is 20.2 Å². The fraction of sp³-hybridized carbons (Fsp3) is 0.0476. The lowest BCUT2D eigenvalue weighted by molar-refractivity contribution is -0.134. The van der Waals surface area contributed by atoms with E-state index in [-0.39, 0.29) is 12.2 Å². The second-order valence-corrected chi connectivity index (χ2v) is 5.80. The highest BCUT2D eigenvalue weighted by Crippen LogP contribution is 2.18. The SMILES string of the molecule is O=C(Nc1ccc(F)c(F)c1)C(=O)N(Cc1ccccc1)c1ccccc1. The van der Waals surface area contributed by atoms with Gasteiger partial charge in [-0.2, -0.15) is 0 Å². The van der Waals surface area contributed by atoms with Crippen LogP contribution in [0.1, 0.15) is 5.56 Å². The van der Waals surface area contributed by atoms with Crippen molar-refractivity contribution < 1.29 is 18.4 Å². The first kappa shape index (κ1) is 18.3. The molecule has 0 aliphatic carbocycles. The summed E-state index contributed by atoms with van der Waals surface area (Å²) >= 11 is 0. The number of para-hydroxylation sites is 1. The number of amides is 2. The maximum atomic E-state index is 13.3. The fourth-order valence-corrected chi connectivity index (χ4v) is 2.54. The summed E-state index contributed by atoms with van der Waals surface area (Å²) in [5.74, 6) is -3.89. The van der Waals surface area contributed by atoms with E-state index in [1.807, 2.05) is 30.3 Å². The van der Waals surface area contributed by atoms with Crippen LogP contribution >= 0.6 is 0 Å². The summed E-state index contributed by atoms with van der Waals surface area (Å²) in [5, 5.41) is 2.31. The van der Waals surface area contributed by atoms with E-state index in [1.54, 1.807) is 30.3 Å². The molecule has 6 heteroatoms. The number of benzene rings is 3. The molecule has 0 spiro atoms. The van der Waals surface area contributed by atoms with Gasteiger partial charge in [-0.1, -0.05) is 48.5 Å². The Kier molecular flexibility index (Phi) is 5.56. The van der Waals surface area contributed by atoms with Crippen molar-refractivity contribution in [2.24, 2.45) is 0 Å². The molecule has 0 saturated heterocycles. The quantitative estimate of drug-likeness (QED) is 0.706. The molecule has 2 amide bonds. The molecule has 3 rings (SSSR count). The van der Waals surface area contributed by atoms with Gasteiger partial charge < -0.3 is 5.32 Å². The van der Waals surface area contributed by atoms with Gasteiger partial charge in [-0.15, -0.1) is 0 Å². The van der Waals surface area contributed by atoms with Gasteiger partial charge in [0, 0.05) is 17.4 Å². The summed E-state index contributed by atoms with van der Waals surface area (Å²) < 4.78 is 26.3. The Morgan fingerprint density at radius 1 is 0.815 bits per heavy atom. The molecule has 0 bridgehead atoms. The van der Waals surface area contributed by atoms with Gasteiger partial charge in [0.1, 0.15) is 0 Å². The van der Waals surface area contributed by atoms with Crippen molar-refractivity contribution in [3.8, 4) is 0 Å². The summed E-state index contributed by atoms with van der Waals surface area (Å²) in [6, 6.07) is 20.9. The largest absolute Gasteiger partial charge is 0.318 e. The normalized spacial score (nSPS) is 10.3. The highest BCUT2D eigenvalue weighted by Gasteiger charge is 2.24. The Morgan fingerprint density at radius 3 is 2.07 bits per heavy atom. The molecule has 27 heavy (non-hydrogen) atoms. The third kappa shape index (κ3) is 4.55. The van der Waals surface area contributed by atoms with Crippen molar-refractivity contribution in [1.29, 1.82) is 0 Å².